The first-order valence-electron chi connectivity index (χ1n) is 8.44. The number of nitrogens with one attached hydrogen (secondary N) is 1. The van der Waals surface area contributed by atoms with E-state index in [4.69, 9.17) is 14.3 Å². The quantitative estimate of drug-likeness (QED) is 0.841. The monoisotopic (exact) mass is 343 g/mol. The van der Waals surface area contributed by atoms with Gasteiger partial charge in [0.05, 0.1) is 17.9 Å². The van der Waals surface area contributed by atoms with Crippen LogP contribution in [0.15, 0.2) is 47.1 Å². The third kappa shape index (κ3) is 4.41. The van der Waals surface area contributed by atoms with Gasteiger partial charge in [0, 0.05) is 0 Å². The SMILES string of the molecule is O=C(O)Cc1occc1C(=O)N[C@@H]1CCCC[C@@H]1Oc1ccccc1. The molecule has 0 saturated heterocycles. The lowest BCUT2D eigenvalue weighted by Gasteiger charge is -2.32. The average Bonchev–Trinajstić information content (AvgIpc) is 3.05. The maximum absolute atomic E-state index is 12.6. The molecule has 0 radical (unpaired) electrons. The first kappa shape index (κ1) is 17.1. The number of furan rings is 1. The molecule has 1 fully saturated rings. The van der Waals surface area contributed by atoms with Crippen LogP contribution in [-0.4, -0.2) is 29.1 Å². The number of carbonyl (C=O) groups excluding carboxylic acids is 1. The van der Waals surface area contributed by atoms with Crippen LogP contribution in [0, 0.1) is 0 Å². The normalized spacial score (nSPS) is 20.0. The van der Waals surface area contributed by atoms with Gasteiger partial charge in [0.2, 0.25) is 0 Å². The first-order chi connectivity index (χ1) is 12.1. The van der Waals surface area contributed by atoms with E-state index < -0.39 is 5.97 Å². The molecule has 0 bridgehead atoms. The Morgan fingerprint density at radius 3 is 2.68 bits per heavy atom. The van der Waals surface area contributed by atoms with Crippen molar-refractivity contribution < 1.29 is 23.8 Å². The van der Waals surface area contributed by atoms with Crippen molar-refractivity contribution >= 4 is 11.9 Å². The van der Waals surface area contributed by atoms with E-state index >= 15 is 0 Å². The van der Waals surface area contributed by atoms with E-state index in [1.807, 2.05) is 30.3 Å². The van der Waals surface area contributed by atoms with Crippen molar-refractivity contribution in [1.29, 1.82) is 0 Å². The van der Waals surface area contributed by atoms with E-state index in [0.29, 0.717) is 0 Å². The van der Waals surface area contributed by atoms with Crippen molar-refractivity contribution in [2.24, 2.45) is 0 Å². The van der Waals surface area contributed by atoms with Gasteiger partial charge in [0.25, 0.3) is 5.91 Å². The largest absolute Gasteiger partial charge is 0.488 e. The molecule has 0 spiro atoms. The van der Waals surface area contributed by atoms with Gasteiger partial charge in [-0.25, -0.2) is 0 Å². The second kappa shape index (κ2) is 7.88. The number of rotatable bonds is 6. The lowest BCUT2D eigenvalue weighted by atomic mass is 9.92. The fraction of sp³-hybridized carbons (Fsp3) is 0.368. The molecule has 0 unspecified atom stereocenters. The minimum atomic E-state index is -1.04. The van der Waals surface area contributed by atoms with Gasteiger partial charge in [-0.1, -0.05) is 24.6 Å². The Hall–Kier alpha value is -2.76. The fourth-order valence-electron chi connectivity index (χ4n) is 3.14. The van der Waals surface area contributed by atoms with Gasteiger partial charge in [-0.3, -0.25) is 9.59 Å². The number of amides is 1. The van der Waals surface area contributed by atoms with Gasteiger partial charge in [0.1, 0.15) is 24.0 Å². The van der Waals surface area contributed by atoms with Crippen molar-refractivity contribution in [3.05, 3.63) is 54.0 Å². The Morgan fingerprint density at radius 2 is 1.92 bits per heavy atom. The van der Waals surface area contributed by atoms with E-state index in [0.717, 1.165) is 31.4 Å². The predicted octanol–water partition coefficient (Wildman–Crippen LogP) is 3.03. The number of carboxylic acid groups (broad SMARTS) is 1. The molecular formula is C19H21NO5. The summed E-state index contributed by atoms with van der Waals surface area (Å²) in [6.07, 6.45) is 4.70. The van der Waals surface area contributed by atoms with Crippen LogP contribution in [0.1, 0.15) is 41.8 Å². The van der Waals surface area contributed by atoms with Gasteiger partial charge in [0.15, 0.2) is 0 Å². The van der Waals surface area contributed by atoms with E-state index in [9.17, 15) is 9.59 Å². The Labute approximate surface area is 145 Å². The molecule has 1 saturated carbocycles. The molecule has 3 rings (SSSR count). The van der Waals surface area contributed by atoms with Crippen LogP contribution in [0.3, 0.4) is 0 Å². The maximum Gasteiger partial charge on any atom is 0.311 e. The van der Waals surface area contributed by atoms with Gasteiger partial charge < -0.3 is 19.6 Å². The van der Waals surface area contributed by atoms with E-state index in [-0.39, 0.29) is 35.8 Å². The lowest BCUT2D eigenvalue weighted by molar-refractivity contribution is -0.136. The molecule has 1 aromatic carbocycles. The summed E-state index contributed by atoms with van der Waals surface area (Å²) in [4.78, 5) is 23.4. The van der Waals surface area contributed by atoms with Gasteiger partial charge in [-0.2, -0.15) is 0 Å². The molecule has 2 N–H and O–H groups in total. The van der Waals surface area contributed by atoms with Crippen LogP contribution in [0.25, 0.3) is 0 Å². The summed E-state index contributed by atoms with van der Waals surface area (Å²) >= 11 is 0. The number of ether oxygens (including phenoxy) is 1. The highest BCUT2D eigenvalue weighted by Gasteiger charge is 2.29. The van der Waals surface area contributed by atoms with Crippen LogP contribution in [-0.2, 0) is 11.2 Å². The average molecular weight is 343 g/mol. The van der Waals surface area contributed by atoms with Crippen molar-refractivity contribution in [3.8, 4) is 5.75 Å². The fourth-order valence-corrected chi connectivity index (χ4v) is 3.14. The minimum absolute atomic E-state index is 0.102. The molecule has 1 aromatic heterocycles. The molecule has 1 heterocycles. The highest BCUT2D eigenvalue weighted by Crippen LogP contribution is 2.24. The Balaban J connectivity index is 1.68. The summed E-state index contributed by atoms with van der Waals surface area (Å²) in [6.45, 7) is 0. The van der Waals surface area contributed by atoms with Gasteiger partial charge >= 0.3 is 5.97 Å². The highest BCUT2D eigenvalue weighted by atomic mass is 16.5. The Morgan fingerprint density at radius 1 is 1.16 bits per heavy atom. The standard InChI is InChI=1S/C19H21NO5/c21-18(22)12-17-14(10-11-24-17)19(23)20-15-8-4-5-9-16(15)25-13-6-2-1-3-7-13/h1-3,6-7,10-11,15-16H,4-5,8-9,12H2,(H,20,23)(H,21,22)/t15-,16+/m1/s1. The van der Waals surface area contributed by atoms with Crippen molar-refractivity contribution in [1.82, 2.24) is 5.32 Å². The summed E-state index contributed by atoms with van der Waals surface area (Å²) in [5.74, 6) is -0.407. The number of aliphatic carboxylic acids is 1. The highest BCUT2D eigenvalue weighted by molar-refractivity contribution is 5.96. The minimum Gasteiger partial charge on any atom is -0.488 e. The summed E-state index contributed by atoms with van der Waals surface area (Å²) in [7, 11) is 0. The van der Waals surface area contributed by atoms with Crippen molar-refractivity contribution in [3.63, 3.8) is 0 Å². The molecule has 6 nitrogen and oxygen atoms in total. The third-order valence-corrected chi connectivity index (χ3v) is 4.35. The number of benzene rings is 1. The number of para-hydroxylation sites is 1. The maximum atomic E-state index is 12.6. The second-order valence-corrected chi connectivity index (χ2v) is 6.16. The van der Waals surface area contributed by atoms with Gasteiger partial charge in [-0.05, 0) is 37.5 Å². The first-order valence-corrected chi connectivity index (χ1v) is 8.44. The van der Waals surface area contributed by atoms with Crippen molar-refractivity contribution in [2.45, 2.75) is 44.2 Å². The third-order valence-electron chi connectivity index (χ3n) is 4.35. The second-order valence-electron chi connectivity index (χ2n) is 6.16. The molecule has 6 heteroatoms. The van der Waals surface area contributed by atoms with Crippen molar-refractivity contribution in [2.75, 3.05) is 0 Å². The molecule has 2 atom stereocenters. The van der Waals surface area contributed by atoms with Crippen LogP contribution in [0.2, 0.25) is 0 Å². The summed E-state index contributed by atoms with van der Waals surface area (Å²) in [5.41, 5.74) is 0.270. The molecule has 1 aliphatic rings. The molecule has 25 heavy (non-hydrogen) atoms. The number of hydrogen-bond acceptors (Lipinski definition) is 4. The number of hydrogen-bond donors (Lipinski definition) is 2. The van der Waals surface area contributed by atoms with Crippen LogP contribution in [0.5, 0.6) is 5.75 Å². The van der Waals surface area contributed by atoms with E-state index in [1.54, 1.807) is 0 Å². The molecule has 1 amide bonds. The summed E-state index contributed by atoms with van der Waals surface area (Å²) in [5, 5.41) is 11.9. The molecule has 132 valence electrons. The lowest BCUT2D eigenvalue weighted by Crippen LogP contribution is -2.47. The van der Waals surface area contributed by atoms with Crippen LogP contribution < -0.4 is 10.1 Å². The number of carbonyl (C=O) groups is 2. The zero-order valence-corrected chi connectivity index (χ0v) is 13.8. The molecule has 2 aromatic rings. The predicted molar refractivity (Wildman–Crippen MR) is 90.6 cm³/mol. The smallest absolute Gasteiger partial charge is 0.311 e. The Kier molecular flexibility index (Phi) is 5.38. The topological polar surface area (TPSA) is 88.8 Å². The molecular weight excluding hydrogens is 322 g/mol. The molecule has 0 aliphatic heterocycles. The van der Waals surface area contributed by atoms with Crippen LogP contribution >= 0.6 is 0 Å². The van der Waals surface area contributed by atoms with Crippen LogP contribution in [0.4, 0.5) is 0 Å². The summed E-state index contributed by atoms with van der Waals surface area (Å²) in [6, 6.07) is 10.9. The zero-order chi connectivity index (χ0) is 17.6. The Bertz CT molecular complexity index is 724. The molecule has 1 aliphatic carbocycles. The summed E-state index contributed by atoms with van der Waals surface area (Å²) < 4.78 is 11.2. The van der Waals surface area contributed by atoms with E-state index in [1.165, 1.54) is 12.3 Å². The number of carboxylic acids is 1. The van der Waals surface area contributed by atoms with E-state index in [2.05, 4.69) is 5.32 Å². The van der Waals surface area contributed by atoms with Gasteiger partial charge in [-0.15, -0.1) is 0 Å². The zero-order valence-electron chi connectivity index (χ0n) is 13.8.